The monoisotopic (exact) mass is 334 g/mol. The molecule has 0 radical (unpaired) electrons. The molecule has 0 aliphatic carbocycles. The molecule has 0 aliphatic rings. The molecular weight excluding hydrogens is 312 g/mol. The second-order valence-electron chi connectivity index (χ2n) is 5.67. The molecule has 2 N–H and O–H groups in total. The van der Waals surface area contributed by atoms with Crippen LogP contribution in [0.25, 0.3) is 0 Å². The molecule has 0 fully saturated rings. The van der Waals surface area contributed by atoms with Crippen LogP contribution in [-0.2, 0) is 14.9 Å². The van der Waals surface area contributed by atoms with Gasteiger partial charge in [0, 0.05) is 10.4 Å². The summed E-state index contributed by atoms with van der Waals surface area (Å²) < 4.78 is 34.1. The van der Waals surface area contributed by atoms with Crippen molar-refractivity contribution < 1.29 is 17.9 Å². The Balaban J connectivity index is 3.15. The van der Waals surface area contributed by atoms with Crippen molar-refractivity contribution >= 4 is 32.5 Å². The second-order valence-corrected chi connectivity index (χ2v) is 8.31. The maximum atomic E-state index is 12.1. The fourth-order valence-corrected chi connectivity index (χ4v) is 4.30. The van der Waals surface area contributed by atoms with E-state index in [1.54, 1.807) is 34.6 Å². The Hall–Kier alpha value is -1.12. The highest BCUT2D eigenvalue weighted by molar-refractivity contribution is 7.91. The number of anilines is 1. The summed E-state index contributed by atoms with van der Waals surface area (Å²) in [6.45, 7) is 10.8. The minimum Gasteiger partial charge on any atom is -0.462 e. The predicted molar refractivity (Wildman–Crippen MR) is 85.2 cm³/mol. The van der Waals surface area contributed by atoms with Crippen molar-refractivity contribution in [3.05, 3.63) is 16.0 Å². The van der Waals surface area contributed by atoms with E-state index < -0.39 is 21.7 Å². The molecule has 0 spiro atoms. The summed E-state index contributed by atoms with van der Waals surface area (Å²) in [4.78, 5) is 12.9. The zero-order valence-electron chi connectivity index (χ0n) is 13.2. The van der Waals surface area contributed by atoms with Gasteiger partial charge in [-0.1, -0.05) is 0 Å². The fourth-order valence-electron chi connectivity index (χ4n) is 1.70. The maximum Gasteiger partial charge on any atom is 0.341 e. The van der Waals surface area contributed by atoms with Crippen molar-refractivity contribution in [1.29, 1.82) is 0 Å². The van der Waals surface area contributed by atoms with Gasteiger partial charge in [-0.2, -0.15) is 13.1 Å². The lowest BCUT2D eigenvalue weighted by Gasteiger charge is -2.20. The molecule has 0 aromatic carbocycles. The van der Waals surface area contributed by atoms with Crippen molar-refractivity contribution in [1.82, 2.24) is 4.72 Å². The molecule has 0 amide bonds. The number of nitrogens with one attached hydrogen (secondary N) is 2. The number of thiophene rings is 1. The lowest BCUT2D eigenvalue weighted by atomic mass is 10.1. The Bertz CT molecular complexity index is 627. The van der Waals surface area contributed by atoms with Crippen LogP contribution < -0.4 is 9.44 Å². The van der Waals surface area contributed by atoms with Gasteiger partial charge in [0.2, 0.25) is 0 Å². The summed E-state index contributed by atoms with van der Waals surface area (Å²) in [7, 11) is -3.76. The quantitative estimate of drug-likeness (QED) is 0.811. The lowest BCUT2D eigenvalue weighted by molar-refractivity contribution is 0.0527. The van der Waals surface area contributed by atoms with Crippen molar-refractivity contribution in [2.75, 3.05) is 11.3 Å². The van der Waals surface area contributed by atoms with E-state index in [2.05, 4.69) is 9.44 Å². The Labute approximate surface area is 130 Å². The number of hydrogen-bond acceptors (Lipinski definition) is 5. The molecule has 1 aromatic heterocycles. The summed E-state index contributed by atoms with van der Waals surface area (Å²) >= 11 is 1.22. The maximum absolute atomic E-state index is 12.1. The molecule has 0 atom stereocenters. The van der Waals surface area contributed by atoms with E-state index in [4.69, 9.17) is 4.74 Å². The normalized spacial score (nSPS) is 12.3. The summed E-state index contributed by atoms with van der Waals surface area (Å²) in [6, 6.07) is 0. The predicted octanol–water partition coefficient (Wildman–Crippen LogP) is 2.59. The standard InChI is InChI=1S/C13H22N2O4S2/c1-7-19-12(16)10-8(2)9(3)20-11(10)14-21(17,18)15-13(4,5)6/h14-15H,7H2,1-6H3. The molecule has 1 aromatic rings. The van der Waals surface area contributed by atoms with Crippen LogP contribution in [0.2, 0.25) is 0 Å². The smallest absolute Gasteiger partial charge is 0.341 e. The van der Waals surface area contributed by atoms with Gasteiger partial charge in [0.25, 0.3) is 10.2 Å². The Morgan fingerprint density at radius 1 is 1.29 bits per heavy atom. The summed E-state index contributed by atoms with van der Waals surface area (Å²) in [5, 5.41) is 0.278. The van der Waals surface area contributed by atoms with Crippen LogP contribution in [0.1, 0.15) is 48.5 Å². The van der Waals surface area contributed by atoms with Gasteiger partial charge in [0.1, 0.15) is 5.00 Å². The fraction of sp³-hybridized carbons (Fsp3) is 0.615. The van der Waals surface area contributed by atoms with Crippen LogP contribution >= 0.6 is 11.3 Å². The molecule has 0 unspecified atom stereocenters. The number of hydrogen-bond donors (Lipinski definition) is 2. The Morgan fingerprint density at radius 3 is 2.33 bits per heavy atom. The molecule has 120 valence electrons. The van der Waals surface area contributed by atoms with Gasteiger partial charge in [-0.15, -0.1) is 11.3 Å². The lowest BCUT2D eigenvalue weighted by Crippen LogP contribution is -2.43. The molecule has 1 heterocycles. The molecule has 1 rings (SSSR count). The summed E-state index contributed by atoms with van der Waals surface area (Å²) in [5.41, 5.74) is 0.391. The Morgan fingerprint density at radius 2 is 1.86 bits per heavy atom. The van der Waals surface area contributed by atoms with Crippen LogP contribution in [0.4, 0.5) is 5.00 Å². The minimum absolute atomic E-state index is 0.236. The van der Waals surface area contributed by atoms with E-state index in [1.165, 1.54) is 11.3 Å². The van der Waals surface area contributed by atoms with Gasteiger partial charge in [0.05, 0.1) is 12.2 Å². The van der Waals surface area contributed by atoms with Crippen LogP contribution in [0, 0.1) is 13.8 Å². The van der Waals surface area contributed by atoms with Gasteiger partial charge in [0.15, 0.2) is 0 Å². The first-order valence-corrected chi connectivity index (χ1v) is 8.85. The van der Waals surface area contributed by atoms with Gasteiger partial charge in [-0.05, 0) is 47.1 Å². The van der Waals surface area contributed by atoms with E-state index in [0.29, 0.717) is 0 Å². The van der Waals surface area contributed by atoms with E-state index in [-0.39, 0.29) is 17.2 Å². The number of esters is 1. The largest absolute Gasteiger partial charge is 0.462 e. The first kappa shape index (κ1) is 17.9. The van der Waals surface area contributed by atoms with Crippen LogP contribution in [0.15, 0.2) is 0 Å². The zero-order chi connectivity index (χ0) is 16.4. The third-order valence-corrected chi connectivity index (χ3v) is 5.14. The highest BCUT2D eigenvalue weighted by atomic mass is 32.2. The van der Waals surface area contributed by atoms with Crippen LogP contribution in [-0.4, -0.2) is 26.5 Å². The first-order valence-electron chi connectivity index (χ1n) is 6.55. The van der Waals surface area contributed by atoms with Crippen molar-refractivity contribution in [3.63, 3.8) is 0 Å². The third kappa shape index (κ3) is 4.98. The Kier molecular flexibility index (Phi) is 5.40. The highest BCUT2D eigenvalue weighted by Crippen LogP contribution is 2.33. The SMILES string of the molecule is CCOC(=O)c1c(NS(=O)(=O)NC(C)(C)C)sc(C)c1C. The van der Waals surface area contributed by atoms with Crippen LogP contribution in [0.5, 0.6) is 0 Å². The number of carbonyl (C=O) groups is 1. The van der Waals surface area contributed by atoms with Gasteiger partial charge in [-0.3, -0.25) is 4.72 Å². The van der Waals surface area contributed by atoms with E-state index >= 15 is 0 Å². The molecule has 21 heavy (non-hydrogen) atoms. The summed E-state index contributed by atoms with van der Waals surface area (Å²) in [5.74, 6) is -0.521. The molecule has 0 bridgehead atoms. The molecule has 0 aliphatic heterocycles. The molecule has 0 saturated heterocycles. The number of carbonyl (C=O) groups excluding carboxylic acids is 1. The van der Waals surface area contributed by atoms with Crippen molar-refractivity contribution in [2.24, 2.45) is 0 Å². The third-order valence-electron chi connectivity index (χ3n) is 2.53. The molecule has 6 nitrogen and oxygen atoms in total. The van der Waals surface area contributed by atoms with Crippen molar-refractivity contribution in [2.45, 2.75) is 47.1 Å². The first-order chi connectivity index (χ1) is 9.47. The number of aryl methyl sites for hydroxylation is 1. The van der Waals surface area contributed by atoms with Gasteiger partial charge in [-0.25, -0.2) is 4.79 Å². The number of rotatable bonds is 5. The average Bonchev–Trinajstić information content (AvgIpc) is 2.50. The van der Waals surface area contributed by atoms with E-state index in [9.17, 15) is 13.2 Å². The van der Waals surface area contributed by atoms with Gasteiger partial charge >= 0.3 is 5.97 Å². The molecule has 8 heteroatoms. The average molecular weight is 334 g/mol. The summed E-state index contributed by atoms with van der Waals surface area (Å²) in [6.07, 6.45) is 0. The van der Waals surface area contributed by atoms with Crippen LogP contribution in [0.3, 0.4) is 0 Å². The minimum atomic E-state index is -3.76. The van der Waals surface area contributed by atoms with E-state index in [0.717, 1.165) is 10.4 Å². The van der Waals surface area contributed by atoms with Gasteiger partial charge < -0.3 is 4.74 Å². The van der Waals surface area contributed by atoms with Crippen molar-refractivity contribution in [3.8, 4) is 0 Å². The second kappa shape index (κ2) is 6.33. The molecular formula is C13H22N2O4S2. The molecule has 0 saturated carbocycles. The highest BCUT2D eigenvalue weighted by Gasteiger charge is 2.26. The topological polar surface area (TPSA) is 84.5 Å². The number of ether oxygens (including phenoxy) is 1. The van der Waals surface area contributed by atoms with E-state index in [1.807, 2.05) is 6.92 Å². The zero-order valence-corrected chi connectivity index (χ0v) is 14.8.